The number of nitrogens with zero attached hydrogens (tertiary/aromatic N) is 3. The van der Waals surface area contributed by atoms with E-state index in [1.54, 1.807) is 31.2 Å². The van der Waals surface area contributed by atoms with Gasteiger partial charge in [-0.2, -0.15) is 15.5 Å². The Bertz CT molecular complexity index is 897. The van der Waals surface area contributed by atoms with Gasteiger partial charge in [0.15, 0.2) is 0 Å². The van der Waals surface area contributed by atoms with Crippen molar-refractivity contribution in [1.29, 1.82) is 5.26 Å². The molecular formula is C25H29N3O3. The van der Waals surface area contributed by atoms with Gasteiger partial charge in [-0.25, -0.2) is 4.79 Å². The molecule has 2 aromatic carbocycles. The number of ether oxygens (including phenoxy) is 2. The lowest BCUT2D eigenvalue weighted by atomic mass is 10.1. The second-order valence-electron chi connectivity index (χ2n) is 7.24. The quantitative estimate of drug-likeness (QED) is 0.154. The third-order valence-electron chi connectivity index (χ3n) is 4.50. The number of benzene rings is 2. The Labute approximate surface area is 184 Å². The first-order valence-corrected chi connectivity index (χ1v) is 10.6. The highest BCUT2D eigenvalue weighted by Gasteiger charge is 2.02. The molecule has 162 valence electrons. The van der Waals surface area contributed by atoms with Gasteiger partial charge in [-0.15, -0.1) is 0 Å². The standard InChI is InChI=1S/C25H29N3O3/c1-20(2)25(29)31-18-8-6-4-3-5-7-17-30-24-15-13-23(14-16-24)28-27-22-11-9-21(19-26)10-12-22/h9-16H,1,3-8,17-18H2,2H3. The van der Waals surface area contributed by atoms with Crippen LogP contribution < -0.4 is 4.74 Å². The summed E-state index contributed by atoms with van der Waals surface area (Å²) >= 11 is 0. The molecule has 0 aliphatic carbocycles. The first-order chi connectivity index (χ1) is 15.1. The summed E-state index contributed by atoms with van der Waals surface area (Å²) in [5.41, 5.74) is 2.49. The minimum Gasteiger partial charge on any atom is -0.494 e. The van der Waals surface area contributed by atoms with Crippen LogP contribution in [0.15, 0.2) is 70.9 Å². The number of azo groups is 1. The zero-order valence-corrected chi connectivity index (χ0v) is 18.0. The van der Waals surface area contributed by atoms with Crippen molar-refractivity contribution in [3.63, 3.8) is 0 Å². The SMILES string of the molecule is C=C(C)C(=O)OCCCCCCCCOc1ccc(N=Nc2ccc(C#N)cc2)cc1. The number of esters is 1. The Hall–Kier alpha value is -3.46. The number of nitriles is 1. The van der Waals surface area contributed by atoms with Crippen molar-refractivity contribution >= 4 is 17.3 Å². The van der Waals surface area contributed by atoms with Gasteiger partial charge in [0, 0.05) is 5.57 Å². The van der Waals surface area contributed by atoms with Crippen molar-refractivity contribution in [1.82, 2.24) is 0 Å². The van der Waals surface area contributed by atoms with Gasteiger partial charge < -0.3 is 9.47 Å². The van der Waals surface area contributed by atoms with Gasteiger partial charge >= 0.3 is 5.97 Å². The van der Waals surface area contributed by atoms with Gasteiger partial charge in [0.25, 0.3) is 0 Å². The van der Waals surface area contributed by atoms with E-state index in [-0.39, 0.29) is 5.97 Å². The Morgan fingerprint density at radius 2 is 1.39 bits per heavy atom. The van der Waals surface area contributed by atoms with E-state index in [1.165, 1.54) is 0 Å². The van der Waals surface area contributed by atoms with Crippen LogP contribution in [0.2, 0.25) is 0 Å². The summed E-state index contributed by atoms with van der Waals surface area (Å²) in [5, 5.41) is 17.2. The summed E-state index contributed by atoms with van der Waals surface area (Å²) in [6.07, 6.45) is 6.34. The molecule has 0 bridgehead atoms. The number of unbranched alkanes of at least 4 members (excludes halogenated alkanes) is 5. The number of carbonyl (C=O) groups is 1. The van der Waals surface area contributed by atoms with Crippen molar-refractivity contribution in [3.05, 3.63) is 66.2 Å². The summed E-state index contributed by atoms with van der Waals surface area (Å²) in [6.45, 7) is 6.37. The fraction of sp³-hybridized carbons (Fsp3) is 0.360. The minimum atomic E-state index is -0.306. The molecule has 0 saturated heterocycles. The molecule has 0 heterocycles. The molecule has 2 aromatic rings. The predicted octanol–water partition coefficient (Wildman–Crippen LogP) is 6.81. The summed E-state index contributed by atoms with van der Waals surface area (Å²) in [5.74, 6) is 0.510. The lowest BCUT2D eigenvalue weighted by Crippen LogP contribution is -2.06. The zero-order valence-electron chi connectivity index (χ0n) is 18.0. The van der Waals surface area contributed by atoms with Crippen LogP contribution >= 0.6 is 0 Å². The minimum absolute atomic E-state index is 0.306. The topological polar surface area (TPSA) is 84.0 Å². The number of hydrogen-bond acceptors (Lipinski definition) is 6. The van der Waals surface area contributed by atoms with Crippen LogP contribution in [0.25, 0.3) is 0 Å². The average Bonchev–Trinajstić information content (AvgIpc) is 2.79. The maximum absolute atomic E-state index is 11.2. The van der Waals surface area contributed by atoms with E-state index >= 15 is 0 Å². The summed E-state index contributed by atoms with van der Waals surface area (Å²) in [6, 6.07) is 16.5. The number of hydrogen-bond donors (Lipinski definition) is 0. The van der Waals surface area contributed by atoms with Crippen LogP contribution in [-0.2, 0) is 9.53 Å². The number of carbonyl (C=O) groups excluding carboxylic acids is 1. The predicted molar refractivity (Wildman–Crippen MR) is 121 cm³/mol. The fourth-order valence-electron chi connectivity index (χ4n) is 2.72. The molecule has 0 aliphatic rings. The van der Waals surface area contributed by atoms with Crippen LogP contribution in [0.3, 0.4) is 0 Å². The van der Waals surface area contributed by atoms with Crippen molar-refractivity contribution < 1.29 is 14.3 Å². The molecule has 0 amide bonds. The van der Waals surface area contributed by atoms with E-state index in [9.17, 15) is 4.79 Å². The molecule has 0 N–H and O–H groups in total. The van der Waals surface area contributed by atoms with Gasteiger partial charge in [0.2, 0.25) is 0 Å². The van der Waals surface area contributed by atoms with Crippen molar-refractivity contribution in [2.45, 2.75) is 45.4 Å². The van der Waals surface area contributed by atoms with Gasteiger partial charge in [0.1, 0.15) is 5.75 Å². The maximum Gasteiger partial charge on any atom is 0.333 e. The first-order valence-electron chi connectivity index (χ1n) is 10.6. The fourth-order valence-corrected chi connectivity index (χ4v) is 2.72. The van der Waals surface area contributed by atoms with E-state index < -0.39 is 0 Å². The van der Waals surface area contributed by atoms with Gasteiger partial charge in [-0.05, 0) is 68.3 Å². The second kappa shape index (κ2) is 13.7. The highest BCUT2D eigenvalue weighted by molar-refractivity contribution is 5.86. The monoisotopic (exact) mass is 419 g/mol. The molecule has 2 rings (SSSR count). The van der Waals surface area contributed by atoms with Gasteiger partial charge in [0.05, 0.1) is 36.2 Å². The van der Waals surface area contributed by atoms with E-state index in [0.717, 1.165) is 50.0 Å². The molecule has 0 fully saturated rings. The molecule has 0 atom stereocenters. The molecule has 0 radical (unpaired) electrons. The van der Waals surface area contributed by atoms with Crippen LogP contribution in [0.1, 0.15) is 51.0 Å². The normalized spacial score (nSPS) is 10.6. The lowest BCUT2D eigenvalue weighted by molar-refractivity contribution is -0.139. The maximum atomic E-state index is 11.2. The summed E-state index contributed by atoms with van der Waals surface area (Å²) < 4.78 is 10.8. The Morgan fingerprint density at radius 3 is 1.94 bits per heavy atom. The van der Waals surface area contributed by atoms with Crippen LogP contribution in [0.4, 0.5) is 11.4 Å². The third kappa shape index (κ3) is 9.72. The molecule has 6 nitrogen and oxygen atoms in total. The van der Waals surface area contributed by atoms with E-state index in [4.69, 9.17) is 14.7 Å². The highest BCUT2D eigenvalue weighted by atomic mass is 16.5. The first kappa shape index (κ1) is 23.8. The molecule has 0 spiro atoms. The molecule has 6 heteroatoms. The zero-order chi connectivity index (χ0) is 22.3. The third-order valence-corrected chi connectivity index (χ3v) is 4.50. The van der Waals surface area contributed by atoms with Gasteiger partial charge in [-0.3, -0.25) is 0 Å². The summed E-state index contributed by atoms with van der Waals surface area (Å²) in [4.78, 5) is 11.2. The van der Waals surface area contributed by atoms with Crippen molar-refractivity contribution in [3.8, 4) is 11.8 Å². The molecule has 0 aromatic heterocycles. The van der Waals surface area contributed by atoms with Crippen LogP contribution in [0, 0.1) is 11.3 Å². The van der Waals surface area contributed by atoms with Crippen molar-refractivity contribution in [2.75, 3.05) is 13.2 Å². The van der Waals surface area contributed by atoms with Crippen LogP contribution in [-0.4, -0.2) is 19.2 Å². The lowest BCUT2D eigenvalue weighted by Gasteiger charge is -2.06. The molecule has 0 aliphatic heterocycles. The summed E-state index contributed by atoms with van der Waals surface area (Å²) in [7, 11) is 0. The highest BCUT2D eigenvalue weighted by Crippen LogP contribution is 2.21. The molecule has 0 saturated carbocycles. The number of rotatable bonds is 13. The van der Waals surface area contributed by atoms with Crippen LogP contribution in [0.5, 0.6) is 5.75 Å². The Kier molecular flexibility index (Phi) is 10.5. The average molecular weight is 420 g/mol. The largest absolute Gasteiger partial charge is 0.494 e. The molecule has 31 heavy (non-hydrogen) atoms. The van der Waals surface area contributed by atoms with E-state index in [0.29, 0.717) is 30.0 Å². The Morgan fingerprint density at radius 1 is 0.871 bits per heavy atom. The van der Waals surface area contributed by atoms with E-state index in [1.807, 2.05) is 24.3 Å². The van der Waals surface area contributed by atoms with E-state index in [2.05, 4.69) is 22.9 Å². The Balaban J connectivity index is 1.55. The smallest absolute Gasteiger partial charge is 0.333 e. The second-order valence-corrected chi connectivity index (χ2v) is 7.24. The van der Waals surface area contributed by atoms with Crippen molar-refractivity contribution in [2.24, 2.45) is 10.2 Å². The molecule has 0 unspecified atom stereocenters. The molecular weight excluding hydrogens is 390 g/mol. The van der Waals surface area contributed by atoms with Gasteiger partial charge in [-0.1, -0.05) is 32.3 Å².